The third-order valence-electron chi connectivity index (χ3n) is 4.01. The van der Waals surface area contributed by atoms with Crippen LogP contribution in [0.4, 0.5) is 10.5 Å². The van der Waals surface area contributed by atoms with E-state index in [0.29, 0.717) is 6.61 Å². The Balaban J connectivity index is 1.67. The second-order valence-electron chi connectivity index (χ2n) is 6.93. The van der Waals surface area contributed by atoms with Crippen molar-refractivity contribution in [3.05, 3.63) is 30.6 Å². The average Bonchev–Trinajstić information content (AvgIpc) is 3.11. The number of fused-ring (bicyclic) bond motifs is 1. The Morgan fingerprint density at radius 1 is 1.43 bits per heavy atom. The fraction of sp³-hybridized carbons (Fsp3) is 0.529. The highest BCUT2D eigenvalue weighted by atomic mass is 16.5. The number of nitrogens with zero attached hydrogens (tertiary/aromatic N) is 3. The van der Waals surface area contributed by atoms with E-state index in [4.69, 9.17) is 4.74 Å². The maximum atomic E-state index is 12.6. The van der Waals surface area contributed by atoms with Crippen LogP contribution in [0.3, 0.4) is 0 Å². The van der Waals surface area contributed by atoms with Gasteiger partial charge in [0.1, 0.15) is 0 Å². The van der Waals surface area contributed by atoms with Crippen LogP contribution in [0.25, 0.3) is 5.52 Å². The number of rotatable bonds is 3. The van der Waals surface area contributed by atoms with E-state index >= 15 is 0 Å². The normalized spacial score (nSPS) is 18.6. The van der Waals surface area contributed by atoms with Crippen LogP contribution in [-0.2, 0) is 4.74 Å². The van der Waals surface area contributed by atoms with Gasteiger partial charge in [-0.25, -0.2) is 9.31 Å². The molecule has 124 valence electrons. The minimum Gasteiger partial charge on any atom is -0.374 e. The van der Waals surface area contributed by atoms with Crippen LogP contribution in [0.5, 0.6) is 0 Å². The molecular formula is C17H24N4O2. The molecule has 6 heteroatoms. The van der Waals surface area contributed by atoms with Gasteiger partial charge in [-0.1, -0.05) is 6.07 Å². The predicted octanol–water partition coefficient (Wildman–Crippen LogP) is 3.15. The van der Waals surface area contributed by atoms with Crippen LogP contribution in [0.1, 0.15) is 33.6 Å². The molecule has 1 saturated heterocycles. The first-order valence-corrected chi connectivity index (χ1v) is 8.08. The maximum absolute atomic E-state index is 12.6. The van der Waals surface area contributed by atoms with E-state index in [1.807, 2.05) is 50.1 Å². The fourth-order valence-corrected chi connectivity index (χ4v) is 2.84. The molecule has 6 nitrogen and oxygen atoms in total. The molecule has 23 heavy (non-hydrogen) atoms. The van der Waals surface area contributed by atoms with E-state index in [1.54, 1.807) is 10.7 Å². The molecule has 0 aliphatic carbocycles. The molecular weight excluding hydrogens is 292 g/mol. The summed E-state index contributed by atoms with van der Waals surface area (Å²) in [5.41, 5.74) is 1.44. The number of urea groups is 1. The van der Waals surface area contributed by atoms with E-state index in [1.165, 1.54) is 0 Å². The van der Waals surface area contributed by atoms with Crippen LogP contribution in [-0.4, -0.2) is 45.3 Å². The summed E-state index contributed by atoms with van der Waals surface area (Å²) in [4.78, 5) is 14.5. The summed E-state index contributed by atoms with van der Waals surface area (Å²) in [6, 6.07) is 5.83. The van der Waals surface area contributed by atoms with Gasteiger partial charge < -0.3 is 15.0 Å². The minimum absolute atomic E-state index is 0.0798. The lowest BCUT2D eigenvalue weighted by molar-refractivity contribution is -0.0228. The van der Waals surface area contributed by atoms with E-state index in [9.17, 15) is 4.79 Å². The predicted molar refractivity (Wildman–Crippen MR) is 89.6 cm³/mol. The van der Waals surface area contributed by atoms with Crippen molar-refractivity contribution >= 4 is 17.2 Å². The number of carbonyl (C=O) groups is 1. The summed E-state index contributed by atoms with van der Waals surface area (Å²) in [5.74, 6) is 0. The van der Waals surface area contributed by atoms with Gasteiger partial charge in [0.25, 0.3) is 0 Å². The van der Waals surface area contributed by atoms with Gasteiger partial charge in [-0.2, -0.15) is 5.10 Å². The van der Waals surface area contributed by atoms with Crippen molar-refractivity contribution in [3.8, 4) is 0 Å². The molecule has 0 aromatic carbocycles. The SMILES string of the molecule is CC(C)(C)OC[C@@H]1CCCN1C(=O)Nc1cnn2ccccc12. The van der Waals surface area contributed by atoms with Gasteiger partial charge >= 0.3 is 6.03 Å². The van der Waals surface area contributed by atoms with E-state index < -0.39 is 0 Å². The first kappa shape index (κ1) is 15.8. The van der Waals surface area contributed by atoms with Crippen molar-refractivity contribution in [2.45, 2.75) is 45.3 Å². The molecule has 3 heterocycles. The zero-order chi connectivity index (χ0) is 16.4. The second kappa shape index (κ2) is 6.20. The van der Waals surface area contributed by atoms with E-state index in [2.05, 4.69) is 10.4 Å². The van der Waals surface area contributed by atoms with Crippen molar-refractivity contribution in [3.63, 3.8) is 0 Å². The van der Waals surface area contributed by atoms with Gasteiger partial charge in [-0.05, 0) is 45.7 Å². The molecule has 0 radical (unpaired) electrons. The molecule has 1 N–H and O–H groups in total. The summed E-state index contributed by atoms with van der Waals surface area (Å²) in [5, 5.41) is 7.23. The Hall–Kier alpha value is -2.08. The smallest absolute Gasteiger partial charge is 0.322 e. The lowest BCUT2D eigenvalue weighted by atomic mass is 10.2. The maximum Gasteiger partial charge on any atom is 0.322 e. The fourth-order valence-electron chi connectivity index (χ4n) is 2.84. The van der Waals surface area contributed by atoms with Crippen molar-refractivity contribution < 1.29 is 9.53 Å². The number of anilines is 1. The second-order valence-corrected chi connectivity index (χ2v) is 6.93. The van der Waals surface area contributed by atoms with Gasteiger partial charge in [-0.15, -0.1) is 0 Å². The Kier molecular flexibility index (Phi) is 4.26. The van der Waals surface area contributed by atoms with Crippen LogP contribution in [0.15, 0.2) is 30.6 Å². The van der Waals surface area contributed by atoms with Crippen LogP contribution in [0, 0.1) is 0 Å². The van der Waals surface area contributed by atoms with Crippen LogP contribution < -0.4 is 5.32 Å². The Labute approximate surface area is 136 Å². The molecule has 1 fully saturated rings. The van der Waals surface area contributed by atoms with Gasteiger partial charge in [0.15, 0.2) is 0 Å². The molecule has 0 bridgehead atoms. The number of ether oxygens (including phenoxy) is 1. The molecule has 0 unspecified atom stereocenters. The van der Waals surface area contributed by atoms with E-state index in [0.717, 1.165) is 30.6 Å². The van der Waals surface area contributed by atoms with Gasteiger partial charge in [-0.3, -0.25) is 0 Å². The highest BCUT2D eigenvalue weighted by Crippen LogP contribution is 2.22. The Morgan fingerprint density at radius 3 is 3.04 bits per heavy atom. The number of nitrogens with one attached hydrogen (secondary N) is 1. The standard InChI is InChI=1S/C17H24N4O2/c1-17(2,3)23-12-13-7-6-9-20(13)16(22)19-14-11-18-21-10-5-4-8-15(14)21/h4-5,8,10-11,13H,6-7,9,12H2,1-3H3,(H,19,22)/t13-/m0/s1. The third kappa shape index (κ3) is 3.64. The molecule has 0 spiro atoms. The summed E-state index contributed by atoms with van der Waals surface area (Å²) < 4.78 is 7.61. The molecule has 1 atom stereocenters. The largest absolute Gasteiger partial charge is 0.374 e. The first-order valence-electron chi connectivity index (χ1n) is 8.08. The zero-order valence-corrected chi connectivity index (χ0v) is 14.0. The lowest BCUT2D eigenvalue weighted by Gasteiger charge is -2.28. The summed E-state index contributed by atoms with van der Waals surface area (Å²) in [6.07, 6.45) is 5.55. The highest BCUT2D eigenvalue weighted by Gasteiger charge is 2.30. The average molecular weight is 316 g/mol. The monoisotopic (exact) mass is 316 g/mol. The Bertz CT molecular complexity index is 689. The van der Waals surface area contributed by atoms with Crippen molar-refractivity contribution in [1.82, 2.24) is 14.5 Å². The summed E-state index contributed by atoms with van der Waals surface area (Å²) in [7, 11) is 0. The van der Waals surface area contributed by atoms with Crippen molar-refractivity contribution in [2.75, 3.05) is 18.5 Å². The van der Waals surface area contributed by atoms with Gasteiger partial charge in [0, 0.05) is 12.7 Å². The molecule has 1 aliphatic rings. The van der Waals surface area contributed by atoms with Crippen LogP contribution >= 0.6 is 0 Å². The summed E-state index contributed by atoms with van der Waals surface area (Å²) >= 11 is 0. The van der Waals surface area contributed by atoms with Gasteiger partial charge in [0.2, 0.25) is 0 Å². The number of hydrogen-bond donors (Lipinski definition) is 1. The van der Waals surface area contributed by atoms with Crippen LogP contribution in [0.2, 0.25) is 0 Å². The lowest BCUT2D eigenvalue weighted by Crippen LogP contribution is -2.42. The van der Waals surface area contributed by atoms with Crippen molar-refractivity contribution in [2.24, 2.45) is 0 Å². The minimum atomic E-state index is -0.187. The first-order chi connectivity index (χ1) is 10.9. The zero-order valence-electron chi connectivity index (χ0n) is 14.0. The number of aromatic nitrogens is 2. The number of amides is 2. The van der Waals surface area contributed by atoms with Crippen molar-refractivity contribution in [1.29, 1.82) is 0 Å². The number of pyridine rings is 1. The molecule has 0 saturated carbocycles. The molecule has 1 aliphatic heterocycles. The summed E-state index contributed by atoms with van der Waals surface area (Å²) in [6.45, 7) is 7.44. The Morgan fingerprint density at radius 2 is 2.26 bits per heavy atom. The number of hydrogen-bond acceptors (Lipinski definition) is 3. The molecule has 3 rings (SSSR count). The topological polar surface area (TPSA) is 58.9 Å². The third-order valence-corrected chi connectivity index (χ3v) is 4.01. The number of carbonyl (C=O) groups excluding carboxylic acids is 1. The molecule has 2 aromatic rings. The number of likely N-dealkylation sites (tertiary alicyclic amines) is 1. The molecule has 2 amide bonds. The highest BCUT2D eigenvalue weighted by molar-refractivity contribution is 5.94. The molecule has 2 aromatic heterocycles. The quantitative estimate of drug-likeness (QED) is 0.946. The van der Waals surface area contributed by atoms with Gasteiger partial charge in [0.05, 0.1) is 35.7 Å². The van der Waals surface area contributed by atoms with E-state index in [-0.39, 0.29) is 17.7 Å².